The molecule has 0 unspecified atom stereocenters. The Kier molecular flexibility index (Phi) is 5.78. The normalized spacial score (nSPS) is 18.8. The molecular weight excluding hydrogens is 366 g/mol. The Morgan fingerprint density at radius 1 is 1.38 bits per heavy atom. The maximum Gasteiger partial charge on any atom is 0.231 e. The lowest BCUT2D eigenvalue weighted by molar-refractivity contribution is -0.124. The molecule has 1 aromatic carbocycles. The van der Waals surface area contributed by atoms with Gasteiger partial charge in [0, 0.05) is 37.0 Å². The second-order valence-electron chi connectivity index (χ2n) is 6.90. The van der Waals surface area contributed by atoms with E-state index in [4.69, 9.17) is 9.72 Å². The van der Waals surface area contributed by atoms with Crippen LogP contribution < -0.4 is 4.90 Å². The van der Waals surface area contributed by atoms with Gasteiger partial charge in [-0.3, -0.25) is 14.6 Å². The Balaban J connectivity index is 1.55. The quantitative estimate of drug-likeness (QED) is 0.706. The van der Waals surface area contributed by atoms with Crippen LogP contribution in [0.5, 0.6) is 0 Å². The third kappa shape index (κ3) is 3.91. The van der Waals surface area contributed by atoms with Crippen LogP contribution in [0.4, 0.5) is 5.13 Å². The fraction of sp³-hybridized carbons (Fsp3) is 0.579. The first-order chi connectivity index (χ1) is 12.7. The summed E-state index contributed by atoms with van der Waals surface area (Å²) < 4.78 is 6.59. The van der Waals surface area contributed by atoms with Crippen molar-refractivity contribution in [3.8, 4) is 0 Å². The molecule has 1 aliphatic carbocycles. The van der Waals surface area contributed by atoms with E-state index >= 15 is 0 Å². The van der Waals surface area contributed by atoms with Gasteiger partial charge in [-0.25, -0.2) is 4.98 Å². The number of aromatic nitrogens is 1. The Hall–Kier alpha value is -1.15. The van der Waals surface area contributed by atoms with E-state index in [9.17, 15) is 4.79 Å². The molecule has 2 heterocycles. The summed E-state index contributed by atoms with van der Waals surface area (Å²) in [5, 5.41) is 0.850. The number of nitrogens with zero attached hydrogens (tertiary/aromatic N) is 3. The zero-order valence-electron chi connectivity index (χ0n) is 15.1. The lowest BCUT2D eigenvalue weighted by atomic mass is 9.84. The van der Waals surface area contributed by atoms with E-state index in [1.165, 1.54) is 11.3 Å². The lowest BCUT2D eigenvalue weighted by Gasteiger charge is -2.33. The SMILES string of the molecule is CSc1ccc2nc(N(CCN3CCOCC3)C(=O)C3CCC3)sc2c1. The van der Waals surface area contributed by atoms with Crippen LogP contribution in [0.25, 0.3) is 10.2 Å². The predicted molar refractivity (Wildman–Crippen MR) is 108 cm³/mol. The van der Waals surface area contributed by atoms with Crippen molar-refractivity contribution >= 4 is 44.4 Å². The van der Waals surface area contributed by atoms with E-state index in [1.54, 1.807) is 23.1 Å². The van der Waals surface area contributed by atoms with Crippen molar-refractivity contribution in [3.63, 3.8) is 0 Å². The molecule has 1 saturated heterocycles. The zero-order valence-corrected chi connectivity index (χ0v) is 16.8. The molecule has 7 heteroatoms. The van der Waals surface area contributed by atoms with Crippen LogP contribution in [0, 0.1) is 5.92 Å². The number of thiazole rings is 1. The Labute approximate surface area is 162 Å². The highest BCUT2D eigenvalue weighted by Gasteiger charge is 2.32. The molecule has 26 heavy (non-hydrogen) atoms. The standard InChI is InChI=1S/C19H25N3O2S2/c1-25-15-5-6-16-17(13-15)26-19(20-16)22(18(23)14-3-2-4-14)8-7-21-9-11-24-12-10-21/h5-6,13-14H,2-4,7-12H2,1H3. The average Bonchev–Trinajstić information content (AvgIpc) is 3.04. The van der Waals surface area contributed by atoms with Crippen molar-refractivity contribution in [3.05, 3.63) is 18.2 Å². The third-order valence-electron chi connectivity index (χ3n) is 5.28. The van der Waals surface area contributed by atoms with Crippen molar-refractivity contribution in [2.24, 2.45) is 5.92 Å². The molecular formula is C19H25N3O2S2. The summed E-state index contributed by atoms with van der Waals surface area (Å²) in [7, 11) is 0. The largest absolute Gasteiger partial charge is 0.379 e. The summed E-state index contributed by atoms with van der Waals surface area (Å²) in [5.74, 6) is 0.446. The molecule has 0 N–H and O–H groups in total. The van der Waals surface area contributed by atoms with Crippen LogP contribution in [0.1, 0.15) is 19.3 Å². The number of ether oxygens (including phenoxy) is 1. The van der Waals surface area contributed by atoms with Crippen molar-refractivity contribution in [1.82, 2.24) is 9.88 Å². The highest BCUT2D eigenvalue weighted by molar-refractivity contribution is 7.98. The van der Waals surface area contributed by atoms with E-state index in [-0.39, 0.29) is 11.8 Å². The maximum absolute atomic E-state index is 13.0. The third-order valence-corrected chi connectivity index (χ3v) is 7.05. The molecule has 5 nitrogen and oxygen atoms in total. The lowest BCUT2D eigenvalue weighted by Crippen LogP contribution is -2.45. The molecule has 0 spiro atoms. The maximum atomic E-state index is 13.0. The van der Waals surface area contributed by atoms with Crippen molar-refractivity contribution in [2.75, 3.05) is 50.5 Å². The highest BCUT2D eigenvalue weighted by Crippen LogP contribution is 2.35. The number of carbonyl (C=O) groups excluding carboxylic acids is 1. The number of anilines is 1. The monoisotopic (exact) mass is 391 g/mol. The summed E-state index contributed by atoms with van der Waals surface area (Å²) in [6.07, 6.45) is 5.30. The van der Waals surface area contributed by atoms with E-state index in [0.717, 1.165) is 61.0 Å². The number of thioether (sulfide) groups is 1. The van der Waals surface area contributed by atoms with E-state index in [0.29, 0.717) is 6.54 Å². The molecule has 0 bridgehead atoms. The molecule has 4 rings (SSSR count). The Morgan fingerprint density at radius 2 is 2.19 bits per heavy atom. The van der Waals surface area contributed by atoms with Crippen LogP contribution in [-0.4, -0.2) is 61.4 Å². The van der Waals surface area contributed by atoms with Crippen LogP contribution in [0.2, 0.25) is 0 Å². The molecule has 140 valence electrons. The average molecular weight is 392 g/mol. The number of morpholine rings is 1. The smallest absolute Gasteiger partial charge is 0.231 e. The van der Waals surface area contributed by atoms with Gasteiger partial charge in [0.05, 0.1) is 23.4 Å². The molecule has 2 aliphatic rings. The van der Waals surface area contributed by atoms with Gasteiger partial charge in [-0.1, -0.05) is 17.8 Å². The van der Waals surface area contributed by atoms with Crippen molar-refractivity contribution < 1.29 is 9.53 Å². The van der Waals surface area contributed by atoms with Gasteiger partial charge < -0.3 is 4.74 Å². The Morgan fingerprint density at radius 3 is 2.88 bits per heavy atom. The molecule has 0 atom stereocenters. The van der Waals surface area contributed by atoms with Gasteiger partial charge in [-0.2, -0.15) is 0 Å². The van der Waals surface area contributed by atoms with Gasteiger partial charge in [-0.05, 0) is 37.3 Å². The van der Waals surface area contributed by atoms with Gasteiger partial charge >= 0.3 is 0 Å². The first kappa shape index (κ1) is 18.2. The first-order valence-electron chi connectivity index (χ1n) is 9.30. The molecule has 2 fully saturated rings. The highest BCUT2D eigenvalue weighted by atomic mass is 32.2. The number of rotatable bonds is 6. The molecule has 2 aromatic rings. The zero-order chi connectivity index (χ0) is 17.9. The van der Waals surface area contributed by atoms with Crippen molar-refractivity contribution in [1.29, 1.82) is 0 Å². The molecule has 0 radical (unpaired) electrons. The van der Waals surface area contributed by atoms with Crippen LogP contribution >= 0.6 is 23.1 Å². The predicted octanol–water partition coefficient (Wildman–Crippen LogP) is 3.48. The van der Waals surface area contributed by atoms with Crippen molar-refractivity contribution in [2.45, 2.75) is 24.2 Å². The number of hydrogen-bond acceptors (Lipinski definition) is 6. The first-order valence-corrected chi connectivity index (χ1v) is 11.3. The fourth-order valence-corrected chi connectivity index (χ4v) is 4.93. The molecule has 1 aromatic heterocycles. The summed E-state index contributed by atoms with van der Waals surface area (Å²) >= 11 is 3.37. The van der Waals surface area contributed by atoms with Gasteiger partial charge in [-0.15, -0.1) is 11.8 Å². The molecule has 1 saturated carbocycles. The number of benzene rings is 1. The second-order valence-corrected chi connectivity index (χ2v) is 8.79. The topological polar surface area (TPSA) is 45.7 Å². The summed E-state index contributed by atoms with van der Waals surface area (Å²) in [5.41, 5.74) is 0.987. The molecule has 1 amide bonds. The van der Waals surface area contributed by atoms with E-state index in [1.807, 2.05) is 4.90 Å². The number of fused-ring (bicyclic) bond motifs is 1. The van der Waals surface area contributed by atoms with Gasteiger partial charge in [0.2, 0.25) is 5.91 Å². The van der Waals surface area contributed by atoms with E-state index in [2.05, 4.69) is 29.4 Å². The number of hydrogen-bond donors (Lipinski definition) is 0. The summed E-state index contributed by atoms with van der Waals surface area (Å²) in [6.45, 7) is 5.06. The number of amides is 1. The second kappa shape index (κ2) is 8.25. The molecule has 1 aliphatic heterocycles. The van der Waals surface area contributed by atoms with Crippen LogP contribution in [0.3, 0.4) is 0 Å². The van der Waals surface area contributed by atoms with Crippen LogP contribution in [0.15, 0.2) is 23.1 Å². The van der Waals surface area contributed by atoms with E-state index < -0.39 is 0 Å². The Bertz CT molecular complexity index is 769. The minimum atomic E-state index is 0.188. The van der Waals surface area contributed by atoms with Gasteiger partial charge in [0.15, 0.2) is 5.13 Å². The fourth-order valence-electron chi connectivity index (χ4n) is 3.38. The van der Waals surface area contributed by atoms with Gasteiger partial charge in [0.1, 0.15) is 0 Å². The number of carbonyl (C=O) groups is 1. The van der Waals surface area contributed by atoms with Gasteiger partial charge in [0.25, 0.3) is 0 Å². The van der Waals surface area contributed by atoms with Crippen LogP contribution in [-0.2, 0) is 9.53 Å². The minimum absolute atomic E-state index is 0.188. The summed E-state index contributed by atoms with van der Waals surface area (Å²) in [4.78, 5) is 23.4. The minimum Gasteiger partial charge on any atom is -0.379 e. The summed E-state index contributed by atoms with van der Waals surface area (Å²) in [6, 6.07) is 6.34.